The van der Waals surface area contributed by atoms with E-state index in [0.717, 1.165) is 16.6 Å². The molecule has 0 amide bonds. The first-order valence-corrected chi connectivity index (χ1v) is 8.84. The SMILES string of the molecule is Cc1ccccc1-c1nc2ccc(N=Cc3ccc(Cl)c([N+](=O)[O-])c3)cc2o1. The second kappa shape index (κ2) is 7.25. The molecule has 138 valence electrons. The van der Waals surface area contributed by atoms with Gasteiger partial charge in [-0.1, -0.05) is 35.9 Å². The van der Waals surface area contributed by atoms with Crippen molar-refractivity contribution in [3.63, 3.8) is 0 Å². The lowest BCUT2D eigenvalue weighted by atomic mass is 10.1. The Kier molecular flexibility index (Phi) is 4.63. The Morgan fingerprint density at radius 2 is 1.96 bits per heavy atom. The first-order valence-electron chi connectivity index (χ1n) is 8.46. The van der Waals surface area contributed by atoms with Crippen molar-refractivity contribution in [1.82, 2.24) is 4.98 Å². The minimum atomic E-state index is -0.520. The predicted molar refractivity (Wildman–Crippen MR) is 110 cm³/mol. The highest BCUT2D eigenvalue weighted by molar-refractivity contribution is 6.32. The second-order valence-corrected chi connectivity index (χ2v) is 6.62. The number of rotatable bonds is 4. The number of oxazole rings is 1. The van der Waals surface area contributed by atoms with Crippen LogP contribution < -0.4 is 0 Å². The topological polar surface area (TPSA) is 81.5 Å². The van der Waals surface area contributed by atoms with Crippen molar-refractivity contribution in [2.24, 2.45) is 4.99 Å². The summed E-state index contributed by atoms with van der Waals surface area (Å²) in [5, 5.41) is 11.1. The van der Waals surface area contributed by atoms with E-state index in [2.05, 4.69) is 9.98 Å². The highest BCUT2D eigenvalue weighted by atomic mass is 35.5. The second-order valence-electron chi connectivity index (χ2n) is 6.21. The van der Waals surface area contributed by atoms with Gasteiger partial charge in [0.2, 0.25) is 5.89 Å². The zero-order valence-corrected chi connectivity index (χ0v) is 15.6. The van der Waals surface area contributed by atoms with Crippen LogP contribution in [-0.2, 0) is 0 Å². The minimum absolute atomic E-state index is 0.0916. The van der Waals surface area contributed by atoms with E-state index in [4.69, 9.17) is 16.0 Å². The largest absolute Gasteiger partial charge is 0.436 e. The molecule has 0 radical (unpaired) electrons. The van der Waals surface area contributed by atoms with Crippen molar-refractivity contribution in [2.75, 3.05) is 0 Å². The van der Waals surface area contributed by atoms with Crippen molar-refractivity contribution in [3.05, 3.63) is 86.9 Å². The highest BCUT2D eigenvalue weighted by Gasteiger charge is 2.12. The fraction of sp³-hybridized carbons (Fsp3) is 0.0476. The van der Waals surface area contributed by atoms with Gasteiger partial charge in [-0.05, 0) is 42.3 Å². The molecule has 3 aromatic carbocycles. The molecular weight excluding hydrogens is 378 g/mol. The van der Waals surface area contributed by atoms with Crippen LogP contribution >= 0.6 is 11.6 Å². The van der Waals surface area contributed by atoms with Gasteiger partial charge in [0.1, 0.15) is 10.5 Å². The van der Waals surface area contributed by atoms with E-state index in [-0.39, 0.29) is 10.7 Å². The van der Waals surface area contributed by atoms with Gasteiger partial charge in [-0.3, -0.25) is 15.1 Å². The summed E-state index contributed by atoms with van der Waals surface area (Å²) in [4.78, 5) is 19.4. The first-order chi connectivity index (χ1) is 13.5. The highest BCUT2D eigenvalue weighted by Crippen LogP contribution is 2.29. The maximum atomic E-state index is 11.0. The standard InChI is InChI=1S/C21H14ClN3O3/c1-13-4-2-3-5-16(13)21-24-18-9-7-15(11-20(18)28-21)23-12-14-6-8-17(22)19(10-14)25(26)27/h2-12H,1H3. The van der Waals surface area contributed by atoms with Gasteiger partial charge in [-0.25, -0.2) is 4.98 Å². The summed E-state index contributed by atoms with van der Waals surface area (Å²) in [5.41, 5.74) is 4.45. The summed E-state index contributed by atoms with van der Waals surface area (Å²) in [5.74, 6) is 0.558. The molecule has 0 aliphatic carbocycles. The maximum absolute atomic E-state index is 11.0. The molecule has 1 heterocycles. The molecule has 1 aromatic heterocycles. The van der Waals surface area contributed by atoms with Crippen LogP contribution in [0.1, 0.15) is 11.1 Å². The quantitative estimate of drug-likeness (QED) is 0.238. The summed E-state index contributed by atoms with van der Waals surface area (Å²) >= 11 is 5.83. The van der Waals surface area contributed by atoms with Gasteiger partial charge in [0, 0.05) is 23.9 Å². The molecule has 0 aliphatic rings. The number of nitro benzene ring substituents is 1. The third kappa shape index (κ3) is 3.50. The van der Waals surface area contributed by atoms with E-state index in [1.807, 2.05) is 43.3 Å². The minimum Gasteiger partial charge on any atom is -0.436 e. The van der Waals surface area contributed by atoms with E-state index in [1.165, 1.54) is 12.1 Å². The van der Waals surface area contributed by atoms with Crippen molar-refractivity contribution in [1.29, 1.82) is 0 Å². The lowest BCUT2D eigenvalue weighted by Gasteiger charge is -1.98. The molecule has 0 unspecified atom stereocenters. The monoisotopic (exact) mass is 391 g/mol. The van der Waals surface area contributed by atoms with Gasteiger partial charge >= 0.3 is 0 Å². The summed E-state index contributed by atoms with van der Waals surface area (Å²) < 4.78 is 5.90. The molecule has 0 fully saturated rings. The molecule has 28 heavy (non-hydrogen) atoms. The van der Waals surface area contributed by atoms with Crippen LogP contribution in [0.3, 0.4) is 0 Å². The molecule has 0 saturated heterocycles. The molecule has 7 heteroatoms. The molecule has 0 spiro atoms. The number of aromatic nitrogens is 1. The lowest BCUT2D eigenvalue weighted by Crippen LogP contribution is -1.91. The summed E-state index contributed by atoms with van der Waals surface area (Å²) in [6, 6.07) is 17.8. The Morgan fingerprint density at radius 3 is 2.75 bits per heavy atom. The first kappa shape index (κ1) is 17.9. The van der Waals surface area contributed by atoms with Gasteiger partial charge in [-0.2, -0.15) is 0 Å². The fourth-order valence-corrected chi connectivity index (χ4v) is 3.01. The molecule has 0 saturated carbocycles. The molecule has 4 rings (SSSR count). The fourth-order valence-electron chi connectivity index (χ4n) is 2.82. The summed E-state index contributed by atoms with van der Waals surface area (Å²) in [6.45, 7) is 2.01. The Hall–Kier alpha value is -3.51. The van der Waals surface area contributed by atoms with E-state index in [1.54, 1.807) is 18.3 Å². The maximum Gasteiger partial charge on any atom is 0.288 e. The molecule has 0 bridgehead atoms. The normalized spacial score (nSPS) is 11.4. The number of halogens is 1. The van der Waals surface area contributed by atoms with Crippen LogP contribution in [0, 0.1) is 17.0 Å². The molecule has 0 atom stereocenters. The Morgan fingerprint density at radius 1 is 1.14 bits per heavy atom. The Labute approximate surface area is 165 Å². The van der Waals surface area contributed by atoms with Crippen molar-refractivity contribution in [2.45, 2.75) is 6.92 Å². The van der Waals surface area contributed by atoms with Crippen molar-refractivity contribution >= 4 is 40.3 Å². The average molecular weight is 392 g/mol. The van der Waals surface area contributed by atoms with E-state index in [0.29, 0.717) is 22.7 Å². The number of aliphatic imine (C=N–C) groups is 1. The van der Waals surface area contributed by atoms with Crippen molar-refractivity contribution in [3.8, 4) is 11.5 Å². The third-order valence-corrected chi connectivity index (χ3v) is 4.60. The number of fused-ring (bicyclic) bond motifs is 1. The van der Waals surface area contributed by atoms with Crippen LogP contribution in [0.5, 0.6) is 0 Å². The van der Waals surface area contributed by atoms with Crippen LogP contribution in [0.15, 0.2) is 70.1 Å². The number of hydrogen-bond donors (Lipinski definition) is 0. The van der Waals surface area contributed by atoms with E-state index >= 15 is 0 Å². The van der Waals surface area contributed by atoms with Gasteiger partial charge < -0.3 is 4.42 Å². The number of hydrogen-bond acceptors (Lipinski definition) is 5. The number of nitrogens with zero attached hydrogens (tertiary/aromatic N) is 3. The number of benzene rings is 3. The van der Waals surface area contributed by atoms with Crippen LogP contribution in [0.25, 0.3) is 22.6 Å². The summed E-state index contributed by atoms with van der Waals surface area (Å²) in [7, 11) is 0. The van der Waals surface area contributed by atoms with Crippen LogP contribution in [-0.4, -0.2) is 16.1 Å². The van der Waals surface area contributed by atoms with Gasteiger partial charge in [-0.15, -0.1) is 0 Å². The zero-order chi connectivity index (χ0) is 19.7. The molecule has 6 nitrogen and oxygen atoms in total. The predicted octanol–water partition coefficient (Wildman–Crippen LogP) is 6.12. The lowest BCUT2D eigenvalue weighted by molar-refractivity contribution is -0.384. The third-order valence-electron chi connectivity index (χ3n) is 4.28. The molecular formula is C21H14ClN3O3. The number of nitro groups is 1. The smallest absolute Gasteiger partial charge is 0.288 e. The van der Waals surface area contributed by atoms with Gasteiger partial charge in [0.05, 0.1) is 10.6 Å². The van der Waals surface area contributed by atoms with E-state index < -0.39 is 4.92 Å². The van der Waals surface area contributed by atoms with Crippen LogP contribution in [0.2, 0.25) is 5.02 Å². The Bertz CT molecular complexity index is 1230. The molecule has 0 N–H and O–H groups in total. The summed E-state index contributed by atoms with van der Waals surface area (Å²) in [6.07, 6.45) is 1.54. The Balaban J connectivity index is 1.65. The van der Waals surface area contributed by atoms with Gasteiger partial charge in [0.25, 0.3) is 5.69 Å². The number of aryl methyl sites for hydroxylation is 1. The van der Waals surface area contributed by atoms with Crippen LogP contribution in [0.4, 0.5) is 11.4 Å². The molecule has 4 aromatic rings. The van der Waals surface area contributed by atoms with Gasteiger partial charge in [0.15, 0.2) is 5.58 Å². The molecule has 0 aliphatic heterocycles. The van der Waals surface area contributed by atoms with Crippen molar-refractivity contribution < 1.29 is 9.34 Å². The average Bonchev–Trinajstić information content (AvgIpc) is 3.10. The zero-order valence-electron chi connectivity index (χ0n) is 14.8. The van der Waals surface area contributed by atoms with E-state index in [9.17, 15) is 10.1 Å².